The van der Waals surface area contributed by atoms with E-state index >= 15 is 0 Å². The minimum Gasteiger partial charge on any atom is -0.380 e. The molecule has 1 fully saturated rings. The van der Waals surface area contributed by atoms with Gasteiger partial charge in [0, 0.05) is 32.8 Å². The highest BCUT2D eigenvalue weighted by atomic mass is 16.5. The normalized spacial score (nSPS) is 16.4. The molecule has 0 radical (unpaired) electrons. The number of likely N-dealkylation sites (N-methyl/N-ethyl adjacent to an activating group) is 1. The number of ether oxygens (including phenoxy) is 2. The lowest BCUT2D eigenvalue weighted by Gasteiger charge is -2.29. The van der Waals surface area contributed by atoms with Gasteiger partial charge in [0.2, 0.25) is 0 Å². The predicted octanol–water partition coefficient (Wildman–Crippen LogP) is 2.19. The number of nitrogens with zero attached hydrogens (tertiary/aromatic N) is 1. The van der Waals surface area contributed by atoms with Crippen LogP contribution in [0.3, 0.4) is 0 Å². The van der Waals surface area contributed by atoms with E-state index in [1.165, 1.54) is 24.0 Å². The third kappa shape index (κ3) is 5.08. The zero-order chi connectivity index (χ0) is 15.1. The van der Waals surface area contributed by atoms with Gasteiger partial charge >= 0.3 is 0 Å². The summed E-state index contributed by atoms with van der Waals surface area (Å²) < 4.78 is 11.0. The van der Waals surface area contributed by atoms with Crippen LogP contribution in [0.5, 0.6) is 0 Å². The lowest BCUT2D eigenvalue weighted by molar-refractivity contribution is 0.0917. The summed E-state index contributed by atoms with van der Waals surface area (Å²) in [6.45, 7) is 3.81. The van der Waals surface area contributed by atoms with E-state index < -0.39 is 0 Å². The first-order valence-electron chi connectivity index (χ1n) is 7.81. The number of benzene rings is 1. The van der Waals surface area contributed by atoms with E-state index in [-0.39, 0.29) is 6.04 Å². The molecule has 0 bridgehead atoms. The summed E-state index contributed by atoms with van der Waals surface area (Å²) in [7, 11) is 3.84. The zero-order valence-electron chi connectivity index (χ0n) is 13.3. The smallest absolute Gasteiger partial charge is 0.0716 e. The summed E-state index contributed by atoms with van der Waals surface area (Å²) in [6.07, 6.45) is 2.68. The molecule has 1 aliphatic rings. The Labute approximate surface area is 128 Å². The molecule has 1 aromatic carbocycles. The van der Waals surface area contributed by atoms with Crippen LogP contribution in [0.2, 0.25) is 0 Å². The average Bonchev–Trinajstić information content (AvgIpc) is 3.31. The van der Waals surface area contributed by atoms with E-state index in [4.69, 9.17) is 15.2 Å². The second-order valence-electron chi connectivity index (χ2n) is 5.88. The van der Waals surface area contributed by atoms with Crippen LogP contribution in [-0.2, 0) is 16.1 Å². The molecule has 0 aliphatic heterocycles. The third-order valence-corrected chi connectivity index (χ3v) is 4.11. The fourth-order valence-corrected chi connectivity index (χ4v) is 2.59. The van der Waals surface area contributed by atoms with Gasteiger partial charge in [-0.1, -0.05) is 24.3 Å². The van der Waals surface area contributed by atoms with Crippen molar-refractivity contribution >= 4 is 0 Å². The topological polar surface area (TPSA) is 47.7 Å². The minimum atomic E-state index is 0.209. The number of rotatable bonds is 10. The van der Waals surface area contributed by atoms with Crippen LogP contribution >= 0.6 is 0 Å². The summed E-state index contributed by atoms with van der Waals surface area (Å²) in [5.41, 5.74) is 8.48. The van der Waals surface area contributed by atoms with Crippen molar-refractivity contribution in [1.29, 1.82) is 0 Å². The Balaban J connectivity index is 1.90. The molecule has 1 aromatic rings. The number of nitrogens with two attached hydrogens (primary N) is 1. The summed E-state index contributed by atoms with van der Waals surface area (Å²) in [5.74, 6) is 0.822. The molecule has 0 saturated heterocycles. The van der Waals surface area contributed by atoms with Gasteiger partial charge in [0.15, 0.2) is 0 Å². The molecule has 0 spiro atoms. The Hall–Kier alpha value is -0.940. The summed E-state index contributed by atoms with van der Waals surface area (Å²) in [4.78, 5) is 2.28. The van der Waals surface area contributed by atoms with E-state index in [9.17, 15) is 0 Å². The number of hydrogen-bond acceptors (Lipinski definition) is 4. The molecular weight excluding hydrogens is 264 g/mol. The van der Waals surface area contributed by atoms with Gasteiger partial charge in [-0.3, -0.25) is 4.90 Å². The molecule has 1 aliphatic carbocycles. The Morgan fingerprint density at radius 2 is 2.10 bits per heavy atom. The Bertz CT molecular complexity index is 421. The van der Waals surface area contributed by atoms with Crippen molar-refractivity contribution in [2.75, 3.05) is 40.5 Å². The van der Waals surface area contributed by atoms with E-state index in [0.29, 0.717) is 13.2 Å². The average molecular weight is 292 g/mol. The van der Waals surface area contributed by atoms with Crippen LogP contribution in [0, 0.1) is 5.92 Å². The lowest BCUT2D eigenvalue weighted by Crippen LogP contribution is -2.33. The largest absolute Gasteiger partial charge is 0.380 e. The van der Waals surface area contributed by atoms with Gasteiger partial charge in [0.05, 0.1) is 13.2 Å². The third-order valence-electron chi connectivity index (χ3n) is 4.11. The van der Waals surface area contributed by atoms with Crippen molar-refractivity contribution in [3.05, 3.63) is 35.4 Å². The molecule has 21 heavy (non-hydrogen) atoms. The van der Waals surface area contributed by atoms with Crippen LogP contribution in [0.15, 0.2) is 24.3 Å². The zero-order valence-corrected chi connectivity index (χ0v) is 13.3. The summed E-state index contributed by atoms with van der Waals surface area (Å²) in [6, 6.07) is 8.58. The molecule has 0 heterocycles. The summed E-state index contributed by atoms with van der Waals surface area (Å²) in [5, 5.41) is 0. The van der Waals surface area contributed by atoms with Crippen molar-refractivity contribution in [3.8, 4) is 0 Å². The second-order valence-corrected chi connectivity index (χ2v) is 5.88. The van der Waals surface area contributed by atoms with E-state index in [0.717, 1.165) is 25.7 Å². The van der Waals surface area contributed by atoms with Gasteiger partial charge in [0.1, 0.15) is 0 Å². The monoisotopic (exact) mass is 292 g/mol. The van der Waals surface area contributed by atoms with E-state index in [2.05, 4.69) is 30.1 Å². The first-order chi connectivity index (χ1) is 10.3. The van der Waals surface area contributed by atoms with Crippen LogP contribution in [0.1, 0.15) is 30.0 Å². The van der Waals surface area contributed by atoms with Crippen LogP contribution in [-0.4, -0.2) is 45.4 Å². The maximum Gasteiger partial charge on any atom is 0.0716 e. The maximum absolute atomic E-state index is 6.01. The van der Waals surface area contributed by atoms with Crippen molar-refractivity contribution in [2.24, 2.45) is 11.7 Å². The highest BCUT2D eigenvalue weighted by molar-refractivity contribution is 5.30. The van der Waals surface area contributed by atoms with Gasteiger partial charge < -0.3 is 15.2 Å². The standard InChI is InChI=1S/C17H28N2O2/c1-19(9-10-21-12-14-7-8-14)17(11-18)16-6-4-3-5-15(16)13-20-2/h3-6,14,17H,7-13,18H2,1-2H3. The quantitative estimate of drug-likeness (QED) is 0.672. The molecular formula is C17H28N2O2. The second kappa shape index (κ2) is 8.49. The highest BCUT2D eigenvalue weighted by Crippen LogP contribution is 2.28. The summed E-state index contributed by atoms with van der Waals surface area (Å²) >= 11 is 0. The van der Waals surface area contributed by atoms with Crippen molar-refractivity contribution < 1.29 is 9.47 Å². The Morgan fingerprint density at radius 3 is 2.76 bits per heavy atom. The molecule has 2 N–H and O–H groups in total. The first-order valence-corrected chi connectivity index (χ1v) is 7.81. The van der Waals surface area contributed by atoms with Gasteiger partial charge in [-0.15, -0.1) is 0 Å². The van der Waals surface area contributed by atoms with Crippen molar-refractivity contribution in [3.63, 3.8) is 0 Å². The van der Waals surface area contributed by atoms with Crippen LogP contribution < -0.4 is 5.73 Å². The fraction of sp³-hybridized carbons (Fsp3) is 0.647. The van der Waals surface area contributed by atoms with E-state index in [1.807, 2.05) is 6.07 Å². The molecule has 0 aromatic heterocycles. The SMILES string of the molecule is COCc1ccccc1C(CN)N(C)CCOCC1CC1. The van der Waals surface area contributed by atoms with Gasteiger partial charge in [-0.25, -0.2) is 0 Å². The Kier molecular flexibility index (Phi) is 6.64. The van der Waals surface area contributed by atoms with Gasteiger partial charge in [-0.2, -0.15) is 0 Å². The maximum atomic E-state index is 6.01. The minimum absolute atomic E-state index is 0.209. The molecule has 1 unspecified atom stereocenters. The predicted molar refractivity (Wildman–Crippen MR) is 85.1 cm³/mol. The lowest BCUT2D eigenvalue weighted by atomic mass is 9.99. The highest BCUT2D eigenvalue weighted by Gasteiger charge is 2.22. The molecule has 2 rings (SSSR count). The van der Waals surface area contributed by atoms with Crippen LogP contribution in [0.4, 0.5) is 0 Å². The molecule has 1 saturated carbocycles. The van der Waals surface area contributed by atoms with Crippen molar-refractivity contribution in [2.45, 2.75) is 25.5 Å². The van der Waals surface area contributed by atoms with Gasteiger partial charge in [-0.05, 0) is 36.9 Å². The first kappa shape index (κ1) is 16.4. The molecule has 0 amide bonds. The molecule has 1 atom stereocenters. The van der Waals surface area contributed by atoms with E-state index in [1.54, 1.807) is 7.11 Å². The molecule has 4 nitrogen and oxygen atoms in total. The number of methoxy groups -OCH3 is 1. The Morgan fingerprint density at radius 1 is 1.33 bits per heavy atom. The van der Waals surface area contributed by atoms with Crippen molar-refractivity contribution in [1.82, 2.24) is 4.90 Å². The molecule has 4 heteroatoms. The molecule has 118 valence electrons. The van der Waals surface area contributed by atoms with Crippen LogP contribution in [0.25, 0.3) is 0 Å². The van der Waals surface area contributed by atoms with Gasteiger partial charge in [0.25, 0.3) is 0 Å². The number of hydrogen-bond donors (Lipinski definition) is 1. The fourth-order valence-electron chi connectivity index (χ4n) is 2.59.